The molecule has 0 bridgehead atoms. The second-order valence-electron chi connectivity index (χ2n) is 7.49. The van der Waals surface area contributed by atoms with E-state index in [1.54, 1.807) is 38.5 Å². The van der Waals surface area contributed by atoms with Gasteiger partial charge in [0.2, 0.25) is 0 Å². The second kappa shape index (κ2) is 9.87. The first kappa shape index (κ1) is 21.9. The maximum Gasteiger partial charge on any atom is 0.169 e. The van der Waals surface area contributed by atoms with Crippen LogP contribution in [0.2, 0.25) is 0 Å². The van der Waals surface area contributed by atoms with Crippen LogP contribution in [-0.4, -0.2) is 14.2 Å². The van der Waals surface area contributed by atoms with Gasteiger partial charge in [-0.3, -0.25) is 0 Å². The van der Waals surface area contributed by atoms with Crippen LogP contribution < -0.4 is 30.4 Å². The molecule has 0 fully saturated rings. The number of rotatable bonds is 8. The third-order valence-electron chi connectivity index (χ3n) is 5.08. The number of benzene rings is 4. The van der Waals surface area contributed by atoms with Gasteiger partial charge in [-0.05, 0) is 90.3 Å². The lowest BCUT2D eigenvalue weighted by atomic mass is 10.0. The highest BCUT2D eigenvalue weighted by atomic mass is 16.5. The van der Waals surface area contributed by atoms with Gasteiger partial charge >= 0.3 is 0 Å². The van der Waals surface area contributed by atoms with Gasteiger partial charge in [0.25, 0.3) is 0 Å². The van der Waals surface area contributed by atoms with E-state index < -0.39 is 0 Å². The maximum atomic E-state index is 5.95. The summed E-state index contributed by atoms with van der Waals surface area (Å²) in [5, 5.41) is 0. The highest BCUT2D eigenvalue weighted by Crippen LogP contribution is 2.35. The first-order valence-corrected chi connectivity index (χ1v) is 10.4. The largest absolute Gasteiger partial charge is 0.493 e. The molecular formula is C27H26N2O4. The lowest BCUT2D eigenvalue weighted by Crippen LogP contribution is -1.96. The number of nitrogen functional groups attached to an aromatic ring is 2. The Labute approximate surface area is 193 Å². The number of anilines is 2. The average Bonchev–Trinajstić information content (AvgIpc) is 2.83. The van der Waals surface area contributed by atoms with Crippen LogP contribution in [-0.2, 0) is 6.42 Å². The van der Waals surface area contributed by atoms with Gasteiger partial charge in [0.05, 0.1) is 14.2 Å². The van der Waals surface area contributed by atoms with Crippen molar-refractivity contribution in [2.45, 2.75) is 6.42 Å². The van der Waals surface area contributed by atoms with Crippen molar-refractivity contribution in [2.24, 2.45) is 0 Å². The number of ether oxygens (including phenoxy) is 4. The molecule has 0 aliphatic rings. The molecule has 0 saturated carbocycles. The van der Waals surface area contributed by atoms with E-state index in [1.807, 2.05) is 60.7 Å². The summed E-state index contributed by atoms with van der Waals surface area (Å²) in [4.78, 5) is 0. The molecule has 33 heavy (non-hydrogen) atoms. The summed E-state index contributed by atoms with van der Waals surface area (Å²) < 4.78 is 23.0. The molecule has 0 unspecified atom stereocenters. The Kier molecular flexibility index (Phi) is 6.55. The van der Waals surface area contributed by atoms with E-state index in [9.17, 15) is 0 Å². The standard InChI is InChI=1S/C27H26N2O4/c1-30-26-16-18(3-13-24(26)32-22-9-5-20(28)6-10-22)15-19-4-14-25(27(17-19)31-2)33-23-11-7-21(29)8-12-23/h3-14,16-17H,15,28-29H2,1-2H3. The molecule has 4 N–H and O–H groups in total. The molecule has 0 aliphatic carbocycles. The minimum Gasteiger partial charge on any atom is -0.493 e. The summed E-state index contributed by atoms with van der Waals surface area (Å²) in [7, 11) is 3.25. The van der Waals surface area contributed by atoms with E-state index >= 15 is 0 Å². The van der Waals surface area contributed by atoms with Gasteiger partial charge in [-0.1, -0.05) is 12.1 Å². The minimum atomic E-state index is 0.635. The SMILES string of the molecule is COc1cc(Cc2ccc(Oc3ccc(N)cc3)c(OC)c2)ccc1Oc1ccc(N)cc1. The summed E-state index contributed by atoms with van der Waals surface area (Å²) in [5.41, 5.74) is 15.0. The zero-order valence-electron chi connectivity index (χ0n) is 18.6. The average molecular weight is 443 g/mol. The van der Waals surface area contributed by atoms with E-state index in [2.05, 4.69) is 0 Å². The number of methoxy groups -OCH3 is 2. The molecule has 0 spiro atoms. The van der Waals surface area contributed by atoms with Crippen molar-refractivity contribution < 1.29 is 18.9 Å². The maximum absolute atomic E-state index is 5.95. The van der Waals surface area contributed by atoms with Crippen LogP contribution in [0, 0.1) is 0 Å². The van der Waals surface area contributed by atoms with Crippen LogP contribution in [0.15, 0.2) is 84.9 Å². The third kappa shape index (κ3) is 5.49. The Bertz CT molecular complexity index is 1130. The quantitative estimate of drug-likeness (QED) is 0.323. The number of hydrogen-bond donors (Lipinski definition) is 2. The number of nitrogens with two attached hydrogens (primary N) is 2. The fourth-order valence-electron chi connectivity index (χ4n) is 3.37. The highest BCUT2D eigenvalue weighted by Gasteiger charge is 2.11. The predicted molar refractivity (Wildman–Crippen MR) is 131 cm³/mol. The van der Waals surface area contributed by atoms with E-state index in [4.69, 9.17) is 30.4 Å². The van der Waals surface area contributed by atoms with Gasteiger partial charge in [-0.15, -0.1) is 0 Å². The van der Waals surface area contributed by atoms with Crippen LogP contribution in [0.1, 0.15) is 11.1 Å². The van der Waals surface area contributed by atoms with Gasteiger partial charge in [-0.25, -0.2) is 0 Å². The van der Waals surface area contributed by atoms with Crippen LogP contribution in [0.3, 0.4) is 0 Å². The smallest absolute Gasteiger partial charge is 0.169 e. The molecule has 6 nitrogen and oxygen atoms in total. The normalized spacial score (nSPS) is 10.5. The zero-order valence-corrected chi connectivity index (χ0v) is 18.6. The van der Waals surface area contributed by atoms with E-state index in [-0.39, 0.29) is 0 Å². The molecule has 0 saturated heterocycles. The van der Waals surface area contributed by atoms with E-state index in [0.717, 1.165) is 11.1 Å². The second-order valence-corrected chi connectivity index (χ2v) is 7.49. The molecule has 168 valence electrons. The fraction of sp³-hybridized carbons (Fsp3) is 0.111. The van der Waals surface area contributed by atoms with Gasteiger partial charge in [0.15, 0.2) is 23.0 Å². The van der Waals surface area contributed by atoms with Gasteiger partial charge < -0.3 is 30.4 Å². The Balaban J connectivity index is 1.50. The highest BCUT2D eigenvalue weighted by molar-refractivity contribution is 5.51. The van der Waals surface area contributed by atoms with Crippen molar-refractivity contribution in [2.75, 3.05) is 25.7 Å². The lowest BCUT2D eigenvalue weighted by Gasteiger charge is -2.14. The van der Waals surface area contributed by atoms with Crippen molar-refractivity contribution in [3.63, 3.8) is 0 Å². The van der Waals surface area contributed by atoms with Crippen molar-refractivity contribution in [3.05, 3.63) is 96.1 Å². The molecule has 6 heteroatoms. The monoisotopic (exact) mass is 442 g/mol. The molecule has 0 amide bonds. The van der Waals surface area contributed by atoms with Crippen molar-refractivity contribution in [1.82, 2.24) is 0 Å². The van der Waals surface area contributed by atoms with Gasteiger partial charge in [0, 0.05) is 11.4 Å². The summed E-state index contributed by atoms with van der Waals surface area (Å²) in [6, 6.07) is 26.2. The van der Waals surface area contributed by atoms with Crippen LogP contribution in [0.4, 0.5) is 11.4 Å². The molecule has 0 radical (unpaired) electrons. The Hall–Kier alpha value is -4.32. The Morgan fingerprint density at radius 3 is 1.27 bits per heavy atom. The molecule has 4 rings (SSSR count). The van der Waals surface area contributed by atoms with Crippen LogP contribution >= 0.6 is 0 Å². The fourth-order valence-corrected chi connectivity index (χ4v) is 3.37. The van der Waals surface area contributed by atoms with Crippen molar-refractivity contribution in [3.8, 4) is 34.5 Å². The summed E-state index contributed by atoms with van der Waals surface area (Å²) >= 11 is 0. The summed E-state index contributed by atoms with van der Waals surface area (Å²) in [6.45, 7) is 0. The zero-order chi connectivity index (χ0) is 23.2. The minimum absolute atomic E-state index is 0.635. The predicted octanol–water partition coefficient (Wildman–Crippen LogP) is 6.04. The van der Waals surface area contributed by atoms with Crippen molar-refractivity contribution in [1.29, 1.82) is 0 Å². The molecule has 0 aromatic heterocycles. The summed E-state index contributed by atoms with van der Waals surface area (Å²) in [5.74, 6) is 3.96. The topological polar surface area (TPSA) is 89.0 Å². The van der Waals surface area contributed by atoms with Gasteiger partial charge in [-0.2, -0.15) is 0 Å². The van der Waals surface area contributed by atoms with Crippen LogP contribution in [0.25, 0.3) is 0 Å². The lowest BCUT2D eigenvalue weighted by molar-refractivity contribution is 0.378. The Morgan fingerprint density at radius 2 is 0.909 bits per heavy atom. The number of hydrogen-bond acceptors (Lipinski definition) is 6. The molecular weight excluding hydrogens is 416 g/mol. The summed E-state index contributed by atoms with van der Waals surface area (Å²) in [6.07, 6.45) is 0.691. The molecule has 4 aromatic rings. The van der Waals surface area contributed by atoms with Crippen LogP contribution in [0.5, 0.6) is 34.5 Å². The van der Waals surface area contributed by atoms with E-state index in [0.29, 0.717) is 52.3 Å². The molecule has 0 atom stereocenters. The first-order valence-electron chi connectivity index (χ1n) is 10.4. The van der Waals surface area contributed by atoms with Gasteiger partial charge in [0.1, 0.15) is 11.5 Å². The van der Waals surface area contributed by atoms with Crippen molar-refractivity contribution >= 4 is 11.4 Å². The van der Waals surface area contributed by atoms with E-state index in [1.165, 1.54) is 0 Å². The Morgan fingerprint density at radius 1 is 0.515 bits per heavy atom. The molecule has 0 heterocycles. The molecule has 0 aliphatic heterocycles. The third-order valence-corrected chi connectivity index (χ3v) is 5.08. The first-order chi connectivity index (χ1) is 16.0. The molecule has 4 aromatic carbocycles.